The van der Waals surface area contributed by atoms with Crippen molar-refractivity contribution in [2.24, 2.45) is 0 Å². The molecule has 0 aromatic rings. The van der Waals surface area contributed by atoms with Crippen LogP contribution >= 0.6 is 0 Å². The maximum absolute atomic E-state index is 0. The predicted octanol–water partition coefficient (Wildman–Crippen LogP) is -0.621. The number of rotatable bonds is 0. The SMILES string of the molecule is [Mg+2].[O-2].[O-2].[Zr+4]. The summed E-state index contributed by atoms with van der Waals surface area (Å²) in [4.78, 5) is 0. The zero-order chi connectivity index (χ0) is 0. The Morgan fingerprint density at radius 1 is 0.750 bits per heavy atom. The van der Waals surface area contributed by atoms with E-state index in [1.54, 1.807) is 0 Å². The largest absolute Gasteiger partial charge is 4.00 e. The Morgan fingerprint density at radius 3 is 0.750 bits per heavy atom. The second kappa shape index (κ2) is 23.6. The maximum atomic E-state index is 0. The first-order valence-corrected chi connectivity index (χ1v) is 0. The van der Waals surface area contributed by atoms with Gasteiger partial charge in [0, 0.05) is 0 Å². The van der Waals surface area contributed by atoms with Gasteiger partial charge in [-0.2, -0.15) is 0 Å². The standard InChI is InChI=1S/Mg.2O.Zr/q+2;2*-2;+4. The summed E-state index contributed by atoms with van der Waals surface area (Å²) in [5.74, 6) is 0. The molecule has 16 valence electrons. The Bertz CT molecular complexity index is 6.00. The molecule has 0 fully saturated rings. The van der Waals surface area contributed by atoms with Crippen LogP contribution in [0, 0.1) is 0 Å². The van der Waals surface area contributed by atoms with Crippen molar-refractivity contribution in [3.8, 4) is 0 Å². The van der Waals surface area contributed by atoms with Crippen molar-refractivity contribution in [3.63, 3.8) is 0 Å². The minimum absolute atomic E-state index is 0. The summed E-state index contributed by atoms with van der Waals surface area (Å²) in [6.07, 6.45) is 0. The Kier molecular flexibility index (Phi) is 279. The van der Waals surface area contributed by atoms with E-state index in [0.717, 1.165) is 0 Å². The van der Waals surface area contributed by atoms with E-state index < -0.39 is 0 Å². The number of hydrogen-bond donors (Lipinski definition) is 0. The van der Waals surface area contributed by atoms with E-state index in [1.165, 1.54) is 0 Å². The fourth-order valence-electron chi connectivity index (χ4n) is 0. The quantitative estimate of drug-likeness (QED) is 0.410. The van der Waals surface area contributed by atoms with Gasteiger partial charge in [0.25, 0.3) is 0 Å². The van der Waals surface area contributed by atoms with E-state index in [-0.39, 0.29) is 60.2 Å². The van der Waals surface area contributed by atoms with Crippen LogP contribution in [-0.4, -0.2) is 23.1 Å². The average molecular weight is 148 g/mol. The molecule has 0 aliphatic rings. The van der Waals surface area contributed by atoms with Crippen LogP contribution in [0.2, 0.25) is 0 Å². The van der Waals surface area contributed by atoms with Crippen LogP contribution in [0.25, 0.3) is 0 Å². The van der Waals surface area contributed by atoms with E-state index in [4.69, 9.17) is 0 Å². The molecule has 0 saturated heterocycles. The van der Waals surface area contributed by atoms with Gasteiger partial charge in [0.2, 0.25) is 0 Å². The van der Waals surface area contributed by atoms with Crippen LogP contribution in [0.5, 0.6) is 0 Å². The fraction of sp³-hybridized carbons (Fsp3) is 0. The Hall–Kier alpha value is 1.57. The van der Waals surface area contributed by atoms with Gasteiger partial charge in [0.05, 0.1) is 0 Å². The molecule has 0 atom stereocenters. The summed E-state index contributed by atoms with van der Waals surface area (Å²) >= 11 is 0. The van der Waals surface area contributed by atoms with E-state index in [1.807, 2.05) is 0 Å². The molecule has 0 aliphatic carbocycles. The van der Waals surface area contributed by atoms with Gasteiger partial charge in [-0.05, 0) is 0 Å². The summed E-state index contributed by atoms with van der Waals surface area (Å²) in [5, 5.41) is 0. The van der Waals surface area contributed by atoms with Crippen molar-refractivity contribution in [2.45, 2.75) is 0 Å². The van der Waals surface area contributed by atoms with Gasteiger partial charge in [-0.25, -0.2) is 0 Å². The van der Waals surface area contributed by atoms with E-state index in [0.29, 0.717) is 0 Å². The zero-order valence-electron chi connectivity index (χ0n) is 2.02. The van der Waals surface area contributed by atoms with Crippen LogP contribution in [0.3, 0.4) is 0 Å². The molecule has 0 amide bonds. The molecule has 2 nitrogen and oxygen atoms in total. The van der Waals surface area contributed by atoms with Gasteiger partial charge in [-0.1, -0.05) is 0 Å². The summed E-state index contributed by atoms with van der Waals surface area (Å²) in [6.45, 7) is 0. The van der Waals surface area contributed by atoms with Crippen LogP contribution in [0.4, 0.5) is 0 Å². The molecule has 0 spiro atoms. The maximum Gasteiger partial charge on any atom is 4.00 e. The molecular weight excluding hydrogens is 148 g/mol. The molecule has 0 bridgehead atoms. The molecule has 0 aliphatic heterocycles. The molecule has 0 rings (SSSR count). The van der Waals surface area contributed by atoms with Gasteiger partial charge in [0.1, 0.15) is 0 Å². The molecule has 0 heterocycles. The second-order valence-corrected chi connectivity index (χ2v) is 0. The van der Waals surface area contributed by atoms with Crippen molar-refractivity contribution in [1.82, 2.24) is 0 Å². The minimum Gasteiger partial charge on any atom is -2.00 e. The van der Waals surface area contributed by atoms with Gasteiger partial charge in [0.15, 0.2) is 0 Å². The second-order valence-electron chi connectivity index (χ2n) is 0. The van der Waals surface area contributed by atoms with E-state index in [2.05, 4.69) is 0 Å². The molecule has 4 heteroatoms. The molecular formula is MgO2Zr+2. The normalized spacial score (nSPS) is 0. The fourth-order valence-corrected chi connectivity index (χ4v) is 0. The van der Waals surface area contributed by atoms with Gasteiger partial charge in [-0.3, -0.25) is 0 Å². The molecule has 0 aromatic carbocycles. The van der Waals surface area contributed by atoms with Crippen molar-refractivity contribution >= 4 is 23.1 Å². The molecule has 0 N–H and O–H groups in total. The summed E-state index contributed by atoms with van der Waals surface area (Å²) in [5.41, 5.74) is 0. The predicted molar refractivity (Wildman–Crippen MR) is 7.13 cm³/mol. The molecule has 0 saturated carbocycles. The summed E-state index contributed by atoms with van der Waals surface area (Å²) < 4.78 is 0. The summed E-state index contributed by atoms with van der Waals surface area (Å²) in [6, 6.07) is 0. The van der Waals surface area contributed by atoms with Crippen molar-refractivity contribution in [1.29, 1.82) is 0 Å². The Morgan fingerprint density at radius 2 is 0.750 bits per heavy atom. The van der Waals surface area contributed by atoms with Crippen molar-refractivity contribution < 1.29 is 37.2 Å². The van der Waals surface area contributed by atoms with Crippen LogP contribution in [0.1, 0.15) is 0 Å². The first-order chi connectivity index (χ1) is 0. The third-order valence-corrected chi connectivity index (χ3v) is 0. The third kappa shape index (κ3) is 9.57. The van der Waals surface area contributed by atoms with Gasteiger partial charge < -0.3 is 11.0 Å². The Labute approximate surface area is 59.8 Å². The smallest absolute Gasteiger partial charge is 2.00 e. The minimum atomic E-state index is 0. The van der Waals surface area contributed by atoms with Crippen molar-refractivity contribution in [3.05, 3.63) is 0 Å². The molecule has 0 aromatic heterocycles. The average Bonchev–Trinajstić information content (AvgIpc) is 0. The number of hydrogen-bond acceptors (Lipinski definition) is 0. The van der Waals surface area contributed by atoms with Crippen molar-refractivity contribution in [2.75, 3.05) is 0 Å². The zero-order valence-corrected chi connectivity index (χ0v) is 5.90. The molecule has 4 heavy (non-hydrogen) atoms. The third-order valence-electron chi connectivity index (χ3n) is 0. The van der Waals surface area contributed by atoms with Crippen LogP contribution in [-0.2, 0) is 37.2 Å². The molecule has 0 radical (unpaired) electrons. The first-order valence-electron chi connectivity index (χ1n) is 0. The first kappa shape index (κ1) is 47.2. The van der Waals surface area contributed by atoms with Crippen LogP contribution < -0.4 is 0 Å². The Balaban J connectivity index is 0. The van der Waals surface area contributed by atoms with Gasteiger partial charge >= 0.3 is 49.3 Å². The topological polar surface area (TPSA) is 57.0 Å². The van der Waals surface area contributed by atoms with E-state index in [9.17, 15) is 0 Å². The van der Waals surface area contributed by atoms with E-state index >= 15 is 0 Å². The molecule has 0 unspecified atom stereocenters. The summed E-state index contributed by atoms with van der Waals surface area (Å²) in [7, 11) is 0. The van der Waals surface area contributed by atoms with Gasteiger partial charge in [-0.15, -0.1) is 0 Å². The monoisotopic (exact) mass is 146 g/mol. The van der Waals surface area contributed by atoms with Crippen LogP contribution in [0.15, 0.2) is 0 Å².